The highest BCUT2D eigenvalue weighted by Gasteiger charge is 2.09. The van der Waals surface area contributed by atoms with Crippen LogP contribution in [0.5, 0.6) is 0 Å². The molecule has 2 aromatic rings. The van der Waals surface area contributed by atoms with Gasteiger partial charge in [0.05, 0.1) is 0 Å². The fourth-order valence-corrected chi connectivity index (χ4v) is 2.61. The highest BCUT2D eigenvalue weighted by Crippen LogP contribution is 2.25. The Hall–Kier alpha value is -1.35. The summed E-state index contributed by atoms with van der Waals surface area (Å²) in [5.74, 6) is -0.192. The minimum Gasteiger partial charge on any atom is -0.370 e. The summed E-state index contributed by atoms with van der Waals surface area (Å²) in [6.45, 7) is 2.93. The summed E-state index contributed by atoms with van der Waals surface area (Å²) < 4.78 is 13.2. The van der Waals surface area contributed by atoms with Gasteiger partial charge >= 0.3 is 0 Å². The third kappa shape index (κ3) is 3.35. The van der Waals surface area contributed by atoms with Gasteiger partial charge in [-0.2, -0.15) is 0 Å². The first-order valence-electron chi connectivity index (χ1n) is 6.22. The molecule has 100 valence electrons. The van der Waals surface area contributed by atoms with Crippen molar-refractivity contribution in [3.05, 3.63) is 65.0 Å². The minimum absolute atomic E-state index is 0.192. The van der Waals surface area contributed by atoms with E-state index in [0.29, 0.717) is 5.33 Å². The van der Waals surface area contributed by atoms with E-state index in [2.05, 4.69) is 39.9 Å². The lowest BCUT2D eigenvalue weighted by Crippen LogP contribution is -2.18. The Labute approximate surface area is 122 Å². The van der Waals surface area contributed by atoms with Crippen LogP contribution in [0.25, 0.3) is 0 Å². The third-order valence-electron chi connectivity index (χ3n) is 3.27. The second-order valence-electron chi connectivity index (χ2n) is 4.69. The van der Waals surface area contributed by atoms with Crippen molar-refractivity contribution >= 4 is 21.6 Å². The molecule has 0 saturated heterocycles. The quantitative estimate of drug-likeness (QED) is 0.740. The molecule has 0 amide bonds. The molecule has 2 rings (SSSR count). The predicted molar refractivity (Wildman–Crippen MR) is 82.3 cm³/mol. The minimum atomic E-state index is -0.192. The van der Waals surface area contributed by atoms with Crippen molar-refractivity contribution in [2.75, 3.05) is 11.9 Å². The van der Waals surface area contributed by atoms with Gasteiger partial charge in [-0.3, -0.25) is 0 Å². The second kappa shape index (κ2) is 6.20. The molecule has 0 heterocycles. The SMILES string of the molecule is Cc1ccccc1CN(C)c1ccc(F)cc1CBr. The maximum Gasteiger partial charge on any atom is 0.123 e. The average Bonchev–Trinajstić information content (AvgIpc) is 2.41. The van der Waals surface area contributed by atoms with Crippen LogP contribution < -0.4 is 4.90 Å². The molecule has 0 fully saturated rings. The van der Waals surface area contributed by atoms with Gasteiger partial charge in [-0.05, 0) is 41.8 Å². The number of aryl methyl sites for hydroxylation is 1. The van der Waals surface area contributed by atoms with E-state index in [1.165, 1.54) is 17.2 Å². The van der Waals surface area contributed by atoms with Gasteiger partial charge < -0.3 is 4.90 Å². The third-order valence-corrected chi connectivity index (χ3v) is 3.87. The van der Waals surface area contributed by atoms with Crippen molar-refractivity contribution in [2.45, 2.75) is 18.8 Å². The van der Waals surface area contributed by atoms with E-state index in [0.717, 1.165) is 17.8 Å². The first-order valence-corrected chi connectivity index (χ1v) is 7.34. The van der Waals surface area contributed by atoms with E-state index in [1.807, 2.05) is 25.2 Å². The van der Waals surface area contributed by atoms with Crippen molar-refractivity contribution in [1.29, 1.82) is 0 Å². The Bertz CT molecular complexity index is 568. The number of anilines is 1. The summed E-state index contributed by atoms with van der Waals surface area (Å²) in [7, 11) is 2.03. The van der Waals surface area contributed by atoms with E-state index >= 15 is 0 Å². The van der Waals surface area contributed by atoms with E-state index in [9.17, 15) is 4.39 Å². The number of hydrogen-bond acceptors (Lipinski definition) is 1. The highest BCUT2D eigenvalue weighted by atomic mass is 79.9. The van der Waals surface area contributed by atoms with E-state index in [-0.39, 0.29) is 5.82 Å². The van der Waals surface area contributed by atoms with Gasteiger partial charge in [0.2, 0.25) is 0 Å². The molecule has 0 radical (unpaired) electrons. The molecule has 2 aromatic carbocycles. The van der Waals surface area contributed by atoms with Crippen LogP contribution in [0.1, 0.15) is 16.7 Å². The Morgan fingerprint density at radius 1 is 1.11 bits per heavy atom. The van der Waals surface area contributed by atoms with Gasteiger partial charge in [-0.25, -0.2) is 4.39 Å². The summed E-state index contributed by atoms with van der Waals surface area (Å²) >= 11 is 3.42. The molecule has 19 heavy (non-hydrogen) atoms. The first kappa shape index (κ1) is 14.1. The van der Waals surface area contributed by atoms with Crippen molar-refractivity contribution in [2.24, 2.45) is 0 Å². The summed E-state index contributed by atoms with van der Waals surface area (Å²) in [6, 6.07) is 13.3. The molecule has 0 saturated carbocycles. The summed E-state index contributed by atoms with van der Waals surface area (Å²) in [5.41, 5.74) is 4.59. The standard InChI is InChI=1S/C16H17BrFN/c1-12-5-3-4-6-13(12)11-19(2)16-8-7-15(18)9-14(16)10-17/h3-9H,10-11H2,1-2H3. The fourth-order valence-electron chi connectivity index (χ4n) is 2.16. The van der Waals surface area contributed by atoms with Gasteiger partial charge in [0.25, 0.3) is 0 Å². The largest absolute Gasteiger partial charge is 0.370 e. The zero-order chi connectivity index (χ0) is 13.8. The Morgan fingerprint density at radius 3 is 2.53 bits per heavy atom. The van der Waals surface area contributed by atoms with Gasteiger partial charge in [0, 0.05) is 24.6 Å². The van der Waals surface area contributed by atoms with Crippen molar-refractivity contribution in [3.63, 3.8) is 0 Å². The zero-order valence-electron chi connectivity index (χ0n) is 11.2. The molecule has 0 atom stereocenters. The van der Waals surface area contributed by atoms with E-state index in [1.54, 1.807) is 6.07 Å². The predicted octanol–water partition coefficient (Wildman–Crippen LogP) is 4.67. The summed E-state index contributed by atoms with van der Waals surface area (Å²) in [4.78, 5) is 2.15. The van der Waals surface area contributed by atoms with Crippen LogP contribution in [-0.4, -0.2) is 7.05 Å². The van der Waals surface area contributed by atoms with Gasteiger partial charge in [0.1, 0.15) is 5.82 Å². The highest BCUT2D eigenvalue weighted by molar-refractivity contribution is 9.08. The molecular weight excluding hydrogens is 305 g/mol. The summed E-state index contributed by atoms with van der Waals surface area (Å²) in [6.07, 6.45) is 0. The van der Waals surface area contributed by atoms with Crippen molar-refractivity contribution in [3.8, 4) is 0 Å². The first-order chi connectivity index (χ1) is 9.11. The molecule has 1 nitrogen and oxygen atoms in total. The van der Waals surface area contributed by atoms with Crippen LogP contribution in [0.4, 0.5) is 10.1 Å². The van der Waals surface area contributed by atoms with Crippen molar-refractivity contribution < 1.29 is 4.39 Å². The average molecular weight is 322 g/mol. The number of rotatable bonds is 4. The summed E-state index contributed by atoms with van der Waals surface area (Å²) in [5, 5.41) is 0.651. The van der Waals surface area contributed by atoms with Crippen LogP contribution in [0, 0.1) is 12.7 Å². The number of hydrogen-bond donors (Lipinski definition) is 0. The topological polar surface area (TPSA) is 3.24 Å². The lowest BCUT2D eigenvalue weighted by molar-refractivity contribution is 0.626. The Balaban J connectivity index is 2.25. The molecule has 0 aliphatic carbocycles. The molecule has 3 heteroatoms. The van der Waals surface area contributed by atoms with E-state index in [4.69, 9.17) is 0 Å². The monoisotopic (exact) mass is 321 g/mol. The van der Waals surface area contributed by atoms with Crippen molar-refractivity contribution in [1.82, 2.24) is 0 Å². The maximum atomic E-state index is 13.2. The number of alkyl halides is 1. The van der Waals surface area contributed by atoms with Crippen LogP contribution in [0.3, 0.4) is 0 Å². The molecule has 0 unspecified atom stereocenters. The fraction of sp³-hybridized carbons (Fsp3) is 0.250. The molecule has 0 aromatic heterocycles. The lowest BCUT2D eigenvalue weighted by atomic mass is 10.1. The second-order valence-corrected chi connectivity index (χ2v) is 5.25. The molecule has 0 aliphatic rings. The number of halogens is 2. The maximum absolute atomic E-state index is 13.2. The molecule has 0 aliphatic heterocycles. The molecule has 0 spiro atoms. The molecular formula is C16H17BrFN. The van der Waals surface area contributed by atoms with Crippen LogP contribution in [-0.2, 0) is 11.9 Å². The van der Waals surface area contributed by atoms with Gasteiger partial charge in [-0.1, -0.05) is 40.2 Å². The Morgan fingerprint density at radius 2 is 1.84 bits per heavy atom. The molecule has 0 bridgehead atoms. The number of benzene rings is 2. The van der Waals surface area contributed by atoms with Gasteiger partial charge in [0.15, 0.2) is 0 Å². The molecule has 0 N–H and O–H groups in total. The normalized spacial score (nSPS) is 10.5. The Kier molecular flexibility index (Phi) is 4.59. The van der Waals surface area contributed by atoms with Gasteiger partial charge in [-0.15, -0.1) is 0 Å². The van der Waals surface area contributed by atoms with Crippen LogP contribution in [0.15, 0.2) is 42.5 Å². The zero-order valence-corrected chi connectivity index (χ0v) is 12.7. The van der Waals surface area contributed by atoms with Crippen LogP contribution in [0.2, 0.25) is 0 Å². The lowest BCUT2D eigenvalue weighted by Gasteiger charge is -2.23. The smallest absolute Gasteiger partial charge is 0.123 e. The van der Waals surface area contributed by atoms with E-state index < -0.39 is 0 Å². The van der Waals surface area contributed by atoms with Crippen LogP contribution >= 0.6 is 15.9 Å². The number of nitrogens with zero attached hydrogens (tertiary/aromatic N) is 1.